The van der Waals surface area contributed by atoms with Crippen LogP contribution in [0.15, 0.2) is 36.0 Å². The summed E-state index contributed by atoms with van der Waals surface area (Å²) in [6, 6.07) is 0. The maximum Gasteiger partial charge on any atom is 0.0860 e. The third-order valence-electron chi connectivity index (χ3n) is 10.4. The molecule has 0 spiro atoms. The number of hydrogen-bond acceptors (Lipinski definition) is 4. The highest BCUT2D eigenvalue weighted by molar-refractivity contribution is 5.31. The van der Waals surface area contributed by atoms with Crippen LogP contribution in [0.2, 0.25) is 0 Å². The molecule has 0 saturated heterocycles. The summed E-state index contributed by atoms with van der Waals surface area (Å²) < 4.78 is 0. The van der Waals surface area contributed by atoms with Gasteiger partial charge in [-0.1, -0.05) is 63.6 Å². The molecule has 0 aromatic rings. The topological polar surface area (TPSA) is 80.9 Å². The molecule has 4 aliphatic carbocycles. The van der Waals surface area contributed by atoms with Crippen LogP contribution in [0.1, 0.15) is 66.2 Å². The van der Waals surface area contributed by atoms with Crippen LogP contribution in [0.25, 0.3) is 0 Å². The SMILES string of the molecule is C=C(/C=C/[C@@H](C)[C@H]1CC[C@H]2C3=C[C@H](O)[C@H]4[C@H](O)[C@@H](O)CC[C@]4(C)[C@H]3CC[C@]12C)[C@H](C)CO. The Bertz CT molecular complexity index is 786. The first-order valence-electron chi connectivity index (χ1n) is 12.8. The predicted octanol–water partition coefficient (Wildman–Crippen LogP) is 4.24. The van der Waals surface area contributed by atoms with E-state index in [9.17, 15) is 20.4 Å². The molecule has 0 unspecified atom stereocenters. The van der Waals surface area contributed by atoms with Crippen LogP contribution in [0.5, 0.6) is 0 Å². The van der Waals surface area contributed by atoms with Crippen molar-refractivity contribution in [1.29, 1.82) is 0 Å². The van der Waals surface area contributed by atoms with Crippen molar-refractivity contribution in [1.82, 2.24) is 0 Å². The molecule has 0 heterocycles. The maximum atomic E-state index is 11.1. The highest BCUT2D eigenvalue weighted by atomic mass is 16.3. The number of fused-ring (bicyclic) bond motifs is 5. The average Bonchev–Trinajstić information content (AvgIpc) is 3.11. The van der Waals surface area contributed by atoms with Crippen molar-refractivity contribution in [3.63, 3.8) is 0 Å². The van der Waals surface area contributed by atoms with E-state index in [0.717, 1.165) is 24.8 Å². The largest absolute Gasteiger partial charge is 0.396 e. The molecule has 0 radical (unpaired) electrons. The summed E-state index contributed by atoms with van der Waals surface area (Å²) in [5, 5.41) is 41.5. The quantitative estimate of drug-likeness (QED) is 0.378. The van der Waals surface area contributed by atoms with Gasteiger partial charge in [-0.05, 0) is 73.0 Å². The molecule has 11 atom stereocenters. The fraction of sp³-hybridized carbons (Fsp3) is 0.786. The van der Waals surface area contributed by atoms with Gasteiger partial charge in [0.2, 0.25) is 0 Å². The van der Waals surface area contributed by atoms with Gasteiger partial charge in [0.15, 0.2) is 0 Å². The third-order valence-corrected chi connectivity index (χ3v) is 10.4. The van der Waals surface area contributed by atoms with Crippen molar-refractivity contribution in [3.05, 3.63) is 36.0 Å². The lowest BCUT2D eigenvalue weighted by molar-refractivity contribution is -0.155. The highest BCUT2D eigenvalue weighted by Gasteiger charge is 2.61. The van der Waals surface area contributed by atoms with E-state index in [4.69, 9.17) is 0 Å². The summed E-state index contributed by atoms with van der Waals surface area (Å²) in [5.41, 5.74) is 2.49. The lowest BCUT2D eigenvalue weighted by atomic mass is 9.46. The number of rotatable bonds is 5. The monoisotopic (exact) mass is 444 g/mol. The smallest absolute Gasteiger partial charge is 0.0860 e. The van der Waals surface area contributed by atoms with E-state index in [0.29, 0.717) is 30.1 Å². The summed E-state index contributed by atoms with van der Waals surface area (Å²) in [5.74, 6) is 1.72. The van der Waals surface area contributed by atoms with E-state index in [1.54, 1.807) is 0 Å². The van der Waals surface area contributed by atoms with Gasteiger partial charge in [-0.3, -0.25) is 0 Å². The van der Waals surface area contributed by atoms with Crippen LogP contribution >= 0.6 is 0 Å². The van der Waals surface area contributed by atoms with E-state index in [1.165, 1.54) is 18.4 Å². The second kappa shape index (κ2) is 8.69. The Balaban J connectivity index is 1.58. The van der Waals surface area contributed by atoms with Crippen LogP contribution < -0.4 is 0 Å². The Labute approximate surface area is 194 Å². The highest BCUT2D eigenvalue weighted by Crippen LogP contribution is 2.66. The van der Waals surface area contributed by atoms with Crippen molar-refractivity contribution in [2.24, 2.45) is 46.3 Å². The van der Waals surface area contributed by atoms with Crippen molar-refractivity contribution >= 4 is 0 Å². The molecule has 0 aliphatic heterocycles. The number of aliphatic hydroxyl groups excluding tert-OH is 4. The van der Waals surface area contributed by atoms with E-state index < -0.39 is 18.3 Å². The van der Waals surface area contributed by atoms with Gasteiger partial charge < -0.3 is 20.4 Å². The molecular weight excluding hydrogens is 400 g/mol. The lowest BCUT2D eigenvalue weighted by Crippen LogP contribution is -2.59. The summed E-state index contributed by atoms with van der Waals surface area (Å²) in [6.45, 7) is 13.3. The van der Waals surface area contributed by atoms with Crippen LogP contribution in [0, 0.1) is 46.3 Å². The molecule has 4 N–H and O–H groups in total. The predicted molar refractivity (Wildman–Crippen MR) is 128 cm³/mol. The molecular formula is C28H44O4. The Kier molecular flexibility index (Phi) is 6.57. The fourth-order valence-electron chi connectivity index (χ4n) is 8.26. The van der Waals surface area contributed by atoms with Gasteiger partial charge in [0.05, 0.1) is 18.3 Å². The Hall–Kier alpha value is -0.940. The van der Waals surface area contributed by atoms with Crippen LogP contribution in [0.3, 0.4) is 0 Å². The van der Waals surface area contributed by atoms with Crippen molar-refractivity contribution in [2.75, 3.05) is 6.61 Å². The Morgan fingerprint density at radius 2 is 1.72 bits per heavy atom. The molecule has 0 aromatic heterocycles. The minimum Gasteiger partial charge on any atom is -0.396 e. The molecule has 0 amide bonds. The molecule has 4 aliphatic rings. The molecule has 3 fully saturated rings. The van der Waals surface area contributed by atoms with Gasteiger partial charge in [0.25, 0.3) is 0 Å². The zero-order chi connectivity index (χ0) is 23.4. The van der Waals surface area contributed by atoms with Gasteiger partial charge in [-0.2, -0.15) is 0 Å². The van der Waals surface area contributed by atoms with Crippen molar-refractivity contribution in [3.8, 4) is 0 Å². The zero-order valence-electron chi connectivity index (χ0n) is 20.4. The van der Waals surface area contributed by atoms with Crippen LogP contribution in [-0.4, -0.2) is 45.3 Å². The van der Waals surface area contributed by atoms with E-state index in [-0.39, 0.29) is 29.3 Å². The zero-order valence-corrected chi connectivity index (χ0v) is 20.4. The first kappa shape index (κ1) is 24.2. The van der Waals surface area contributed by atoms with Gasteiger partial charge in [-0.25, -0.2) is 0 Å². The van der Waals surface area contributed by atoms with Gasteiger partial charge >= 0.3 is 0 Å². The maximum absolute atomic E-state index is 11.1. The molecule has 0 aromatic carbocycles. The first-order chi connectivity index (χ1) is 15.0. The molecule has 4 heteroatoms. The van der Waals surface area contributed by atoms with Crippen LogP contribution in [0.4, 0.5) is 0 Å². The minimum atomic E-state index is -0.842. The van der Waals surface area contributed by atoms with Gasteiger partial charge in [0.1, 0.15) is 0 Å². The number of aliphatic hydroxyl groups is 4. The van der Waals surface area contributed by atoms with Crippen molar-refractivity contribution < 1.29 is 20.4 Å². The normalized spacial score (nSPS) is 47.9. The second-order valence-corrected chi connectivity index (χ2v) is 12.0. The van der Waals surface area contributed by atoms with E-state index in [1.807, 2.05) is 6.92 Å². The third kappa shape index (κ3) is 3.66. The Morgan fingerprint density at radius 3 is 2.41 bits per heavy atom. The summed E-state index contributed by atoms with van der Waals surface area (Å²) in [6.07, 6.45) is 10.3. The van der Waals surface area contributed by atoms with Crippen LogP contribution in [-0.2, 0) is 0 Å². The molecule has 32 heavy (non-hydrogen) atoms. The molecule has 3 saturated carbocycles. The van der Waals surface area contributed by atoms with Gasteiger partial charge in [0, 0.05) is 18.4 Å². The summed E-state index contributed by atoms with van der Waals surface area (Å²) in [4.78, 5) is 0. The summed E-state index contributed by atoms with van der Waals surface area (Å²) in [7, 11) is 0. The van der Waals surface area contributed by atoms with E-state index >= 15 is 0 Å². The standard InChI is InChI=1S/C28H44O4/c1-16(18(3)15-29)6-7-17(2)20-8-9-21-19-14-24(31)25-26(32)23(30)11-13-28(25,5)22(19)10-12-27(20,21)4/h6-7,14,17-18,20-26,29-32H,1,8-13,15H2,2-5H3/b7-6+/t17-,18-,20-,21+,22+,23+,24+,25+,26-,27-,28-/m1/s1. The first-order valence-corrected chi connectivity index (χ1v) is 12.8. The van der Waals surface area contributed by atoms with Gasteiger partial charge in [-0.15, -0.1) is 0 Å². The Morgan fingerprint density at radius 1 is 1.06 bits per heavy atom. The average molecular weight is 445 g/mol. The molecule has 4 nitrogen and oxygen atoms in total. The second-order valence-electron chi connectivity index (χ2n) is 12.0. The number of allylic oxidation sites excluding steroid dienone is 3. The fourth-order valence-corrected chi connectivity index (χ4v) is 8.26. The lowest BCUT2D eigenvalue weighted by Gasteiger charge is -2.59. The summed E-state index contributed by atoms with van der Waals surface area (Å²) >= 11 is 0. The van der Waals surface area contributed by atoms with Crippen molar-refractivity contribution in [2.45, 2.75) is 84.5 Å². The van der Waals surface area contributed by atoms with E-state index in [2.05, 4.69) is 45.6 Å². The number of hydrogen-bond donors (Lipinski definition) is 4. The molecule has 4 rings (SSSR count). The molecule has 0 bridgehead atoms. The molecule has 180 valence electrons. The minimum absolute atomic E-state index is 0.0905.